The van der Waals surface area contributed by atoms with Gasteiger partial charge in [-0.25, -0.2) is 0 Å². The molecule has 2 N–H and O–H groups in total. The van der Waals surface area contributed by atoms with Gasteiger partial charge in [0.25, 0.3) is 0 Å². The fourth-order valence-electron chi connectivity index (χ4n) is 1.53. The first kappa shape index (κ1) is 15.1. The van der Waals surface area contributed by atoms with Gasteiger partial charge in [-0.15, -0.1) is 0 Å². The van der Waals surface area contributed by atoms with Crippen molar-refractivity contribution in [2.75, 3.05) is 33.2 Å². The largest absolute Gasteiger partial charge is 0.493 e. The predicted molar refractivity (Wildman–Crippen MR) is 70.7 cm³/mol. The van der Waals surface area contributed by atoms with Crippen molar-refractivity contribution in [3.63, 3.8) is 0 Å². The van der Waals surface area contributed by atoms with Crippen LogP contribution < -0.4 is 14.8 Å². The Morgan fingerprint density at radius 2 is 1.95 bits per heavy atom. The molecule has 0 aliphatic rings. The summed E-state index contributed by atoms with van der Waals surface area (Å²) < 4.78 is 14.8. The Bertz CT molecular complexity index is 421. The summed E-state index contributed by atoms with van der Waals surface area (Å²) in [6, 6.07) is 5.31. The van der Waals surface area contributed by atoms with Gasteiger partial charge in [-0.05, 0) is 12.1 Å². The van der Waals surface area contributed by atoms with Crippen LogP contribution in [-0.4, -0.2) is 45.1 Å². The smallest absolute Gasteiger partial charge is 0.308 e. The van der Waals surface area contributed by atoms with Crippen LogP contribution in [0.4, 0.5) is 5.69 Å². The number of hydrogen-bond donors (Lipinski definition) is 2. The number of ether oxygens (including phenoxy) is 3. The average Bonchev–Trinajstić information content (AvgIpc) is 2.44. The number of rotatable bonds is 7. The zero-order valence-corrected chi connectivity index (χ0v) is 11.3. The highest BCUT2D eigenvalue weighted by Crippen LogP contribution is 2.29. The zero-order chi connectivity index (χ0) is 14.3. The molecule has 1 aromatic rings. The maximum atomic E-state index is 11.0. The Balaban J connectivity index is 2.55. The molecule has 0 radical (unpaired) electrons. The molecule has 0 fully saturated rings. The highest BCUT2D eigenvalue weighted by Gasteiger charge is 2.11. The molecule has 0 aromatic heterocycles. The van der Waals surface area contributed by atoms with Crippen LogP contribution in [0.2, 0.25) is 0 Å². The molecule has 1 aromatic carbocycles. The summed E-state index contributed by atoms with van der Waals surface area (Å²) in [5.41, 5.74) is 0.765. The number of carbonyl (C=O) groups excluding carboxylic acids is 1. The van der Waals surface area contributed by atoms with Crippen molar-refractivity contribution in [2.45, 2.75) is 12.5 Å². The van der Waals surface area contributed by atoms with Crippen molar-refractivity contribution < 1.29 is 24.1 Å². The third-order valence-corrected chi connectivity index (χ3v) is 2.56. The number of methoxy groups -OCH3 is 3. The molecule has 6 nitrogen and oxygen atoms in total. The Morgan fingerprint density at radius 1 is 1.26 bits per heavy atom. The fourth-order valence-corrected chi connectivity index (χ4v) is 1.53. The van der Waals surface area contributed by atoms with Gasteiger partial charge in [-0.3, -0.25) is 4.79 Å². The normalized spacial score (nSPS) is 11.6. The Hall–Kier alpha value is -1.95. The molecule has 0 spiro atoms. The van der Waals surface area contributed by atoms with Gasteiger partial charge < -0.3 is 24.6 Å². The number of esters is 1. The molecule has 1 unspecified atom stereocenters. The first-order valence-electron chi connectivity index (χ1n) is 5.81. The molecule has 1 rings (SSSR count). The van der Waals surface area contributed by atoms with Crippen molar-refractivity contribution in [1.29, 1.82) is 0 Å². The number of aliphatic hydroxyl groups is 1. The third kappa shape index (κ3) is 4.67. The Labute approximate surface area is 112 Å². The van der Waals surface area contributed by atoms with Crippen LogP contribution in [0.3, 0.4) is 0 Å². The van der Waals surface area contributed by atoms with Crippen molar-refractivity contribution >= 4 is 11.7 Å². The Kier molecular flexibility index (Phi) is 5.95. The summed E-state index contributed by atoms with van der Waals surface area (Å²) in [7, 11) is 4.40. The lowest BCUT2D eigenvalue weighted by atomic mass is 10.2. The summed E-state index contributed by atoms with van der Waals surface area (Å²) in [5, 5.41) is 12.6. The third-order valence-electron chi connectivity index (χ3n) is 2.56. The molecule has 0 amide bonds. The molecule has 0 saturated heterocycles. The number of carbonyl (C=O) groups is 1. The summed E-state index contributed by atoms with van der Waals surface area (Å²) >= 11 is 0. The van der Waals surface area contributed by atoms with E-state index in [1.165, 1.54) is 7.11 Å². The van der Waals surface area contributed by atoms with E-state index in [4.69, 9.17) is 9.47 Å². The summed E-state index contributed by atoms with van der Waals surface area (Å²) in [6.07, 6.45) is -0.850. The molecule has 106 valence electrons. The highest BCUT2D eigenvalue weighted by atomic mass is 16.5. The SMILES string of the molecule is COC(=O)CC(O)CNc1ccc(OC)c(OC)c1. The van der Waals surface area contributed by atoms with Crippen molar-refractivity contribution in [3.05, 3.63) is 18.2 Å². The standard InChI is InChI=1S/C13H19NO5/c1-17-11-5-4-9(6-12(11)18-2)14-8-10(15)7-13(16)19-3/h4-6,10,14-15H,7-8H2,1-3H3. The van der Waals surface area contributed by atoms with E-state index in [9.17, 15) is 9.90 Å². The van der Waals surface area contributed by atoms with Gasteiger partial charge in [0, 0.05) is 18.3 Å². The molecule has 0 aliphatic heterocycles. The minimum absolute atomic E-state index is 0.0449. The molecule has 0 saturated carbocycles. The van der Waals surface area contributed by atoms with E-state index < -0.39 is 12.1 Å². The van der Waals surface area contributed by atoms with E-state index in [1.54, 1.807) is 32.4 Å². The van der Waals surface area contributed by atoms with E-state index in [0.717, 1.165) is 5.69 Å². The van der Waals surface area contributed by atoms with E-state index >= 15 is 0 Å². The van der Waals surface area contributed by atoms with Gasteiger partial charge in [0.05, 0.1) is 33.9 Å². The van der Waals surface area contributed by atoms with Crippen LogP contribution in [0, 0.1) is 0 Å². The predicted octanol–water partition coefficient (Wildman–Crippen LogP) is 1.04. The average molecular weight is 269 g/mol. The quantitative estimate of drug-likeness (QED) is 0.720. The van der Waals surface area contributed by atoms with Crippen LogP contribution in [-0.2, 0) is 9.53 Å². The zero-order valence-electron chi connectivity index (χ0n) is 11.3. The van der Waals surface area contributed by atoms with Gasteiger partial charge >= 0.3 is 5.97 Å². The van der Waals surface area contributed by atoms with E-state index in [0.29, 0.717) is 11.5 Å². The molecule has 6 heteroatoms. The number of nitrogens with one attached hydrogen (secondary N) is 1. The first-order valence-corrected chi connectivity index (χ1v) is 5.81. The maximum absolute atomic E-state index is 11.0. The van der Waals surface area contributed by atoms with E-state index in [2.05, 4.69) is 10.1 Å². The lowest BCUT2D eigenvalue weighted by Crippen LogP contribution is -2.23. The molecular formula is C13H19NO5. The molecule has 0 heterocycles. The highest BCUT2D eigenvalue weighted by molar-refractivity contribution is 5.69. The molecule has 19 heavy (non-hydrogen) atoms. The second-order valence-electron chi connectivity index (χ2n) is 3.88. The van der Waals surface area contributed by atoms with Crippen LogP contribution in [0.5, 0.6) is 11.5 Å². The lowest BCUT2D eigenvalue weighted by molar-refractivity contribution is -0.142. The van der Waals surface area contributed by atoms with Gasteiger partial charge in [0.1, 0.15) is 0 Å². The number of benzene rings is 1. The van der Waals surface area contributed by atoms with Crippen LogP contribution in [0.15, 0.2) is 18.2 Å². The maximum Gasteiger partial charge on any atom is 0.308 e. The fraction of sp³-hybridized carbons (Fsp3) is 0.462. The summed E-state index contributed by atoms with van der Waals surface area (Å²) in [6.45, 7) is 0.241. The van der Waals surface area contributed by atoms with Gasteiger partial charge in [0.15, 0.2) is 11.5 Å². The van der Waals surface area contributed by atoms with Crippen LogP contribution in [0.1, 0.15) is 6.42 Å². The van der Waals surface area contributed by atoms with E-state index in [1.807, 2.05) is 0 Å². The Morgan fingerprint density at radius 3 is 2.53 bits per heavy atom. The number of anilines is 1. The topological polar surface area (TPSA) is 77.0 Å². The molecule has 0 bridgehead atoms. The number of hydrogen-bond acceptors (Lipinski definition) is 6. The molecule has 1 atom stereocenters. The summed E-state index contributed by atoms with van der Waals surface area (Å²) in [5.74, 6) is 0.778. The lowest BCUT2D eigenvalue weighted by Gasteiger charge is -2.13. The number of aliphatic hydroxyl groups excluding tert-OH is 1. The first-order chi connectivity index (χ1) is 9.10. The van der Waals surface area contributed by atoms with Crippen molar-refractivity contribution in [3.8, 4) is 11.5 Å². The van der Waals surface area contributed by atoms with Gasteiger partial charge in [-0.1, -0.05) is 0 Å². The minimum Gasteiger partial charge on any atom is -0.493 e. The van der Waals surface area contributed by atoms with Crippen LogP contribution in [0.25, 0.3) is 0 Å². The summed E-state index contributed by atoms with van der Waals surface area (Å²) in [4.78, 5) is 11.0. The van der Waals surface area contributed by atoms with Gasteiger partial charge in [-0.2, -0.15) is 0 Å². The monoisotopic (exact) mass is 269 g/mol. The second kappa shape index (κ2) is 7.48. The van der Waals surface area contributed by atoms with Crippen molar-refractivity contribution in [2.24, 2.45) is 0 Å². The minimum atomic E-state index is -0.805. The van der Waals surface area contributed by atoms with Crippen molar-refractivity contribution in [1.82, 2.24) is 0 Å². The van der Waals surface area contributed by atoms with E-state index in [-0.39, 0.29) is 13.0 Å². The molecular weight excluding hydrogens is 250 g/mol. The molecule has 0 aliphatic carbocycles. The van der Waals surface area contributed by atoms with Crippen LogP contribution >= 0.6 is 0 Å². The van der Waals surface area contributed by atoms with Gasteiger partial charge in [0.2, 0.25) is 0 Å². The second-order valence-corrected chi connectivity index (χ2v) is 3.88.